The van der Waals surface area contributed by atoms with Gasteiger partial charge in [-0.1, -0.05) is 47.0 Å². The molecular weight excluding hydrogens is 393 g/mol. The van der Waals surface area contributed by atoms with E-state index in [4.69, 9.17) is 27.9 Å². The topological polar surface area (TPSA) is 46.6 Å². The number of rotatable bonds is 6. The first-order valence-electron chi connectivity index (χ1n) is 7.88. The number of benzene rings is 2. The number of hydrogen-bond donors (Lipinski definition) is 0. The normalized spacial score (nSPS) is 11.3. The van der Waals surface area contributed by atoms with E-state index in [9.17, 15) is 8.42 Å². The number of hydrogen-bond acceptors (Lipinski definition) is 3. The highest BCUT2D eigenvalue weighted by Crippen LogP contribution is 2.39. The SMILES string of the molecule is C=CCN(c1c(C)cc(C)cc1C)S(=O)(=O)c1ccc(OC)c(Cl)c1Cl. The third-order valence-corrected chi connectivity index (χ3v) is 6.76. The molecule has 0 amide bonds. The number of halogens is 2. The van der Waals surface area contributed by atoms with Gasteiger partial charge in [0.15, 0.2) is 0 Å². The monoisotopic (exact) mass is 413 g/mol. The third-order valence-electron chi connectivity index (χ3n) is 3.98. The van der Waals surface area contributed by atoms with Gasteiger partial charge in [-0.25, -0.2) is 8.42 Å². The first-order valence-corrected chi connectivity index (χ1v) is 10.1. The van der Waals surface area contributed by atoms with Crippen LogP contribution in [0.1, 0.15) is 16.7 Å². The van der Waals surface area contributed by atoms with Crippen LogP contribution >= 0.6 is 23.2 Å². The number of sulfonamides is 1. The molecule has 0 atom stereocenters. The van der Waals surface area contributed by atoms with Crippen LogP contribution in [0, 0.1) is 20.8 Å². The summed E-state index contributed by atoms with van der Waals surface area (Å²) in [5.41, 5.74) is 3.37. The van der Waals surface area contributed by atoms with Gasteiger partial charge in [-0.05, 0) is 44.0 Å². The van der Waals surface area contributed by atoms with Gasteiger partial charge in [0.05, 0.1) is 24.4 Å². The van der Waals surface area contributed by atoms with Gasteiger partial charge in [0.1, 0.15) is 15.7 Å². The number of nitrogens with zero attached hydrogens (tertiary/aromatic N) is 1. The van der Waals surface area contributed by atoms with Crippen LogP contribution < -0.4 is 9.04 Å². The molecule has 2 aromatic carbocycles. The maximum atomic E-state index is 13.4. The van der Waals surface area contributed by atoms with Crippen molar-refractivity contribution in [3.63, 3.8) is 0 Å². The maximum Gasteiger partial charge on any atom is 0.266 e. The van der Waals surface area contributed by atoms with Crippen LogP contribution in [0.5, 0.6) is 5.75 Å². The fraction of sp³-hybridized carbons (Fsp3) is 0.263. The second kappa shape index (κ2) is 7.91. The third kappa shape index (κ3) is 3.70. The summed E-state index contributed by atoms with van der Waals surface area (Å²) in [4.78, 5) is -0.0776. The van der Waals surface area contributed by atoms with Crippen molar-refractivity contribution in [1.82, 2.24) is 0 Å². The second-order valence-electron chi connectivity index (χ2n) is 5.97. The van der Waals surface area contributed by atoms with Crippen molar-refractivity contribution >= 4 is 38.9 Å². The van der Waals surface area contributed by atoms with Gasteiger partial charge in [0.2, 0.25) is 0 Å². The molecule has 0 bridgehead atoms. The van der Waals surface area contributed by atoms with Crippen molar-refractivity contribution in [2.24, 2.45) is 0 Å². The molecule has 0 N–H and O–H groups in total. The molecule has 0 spiro atoms. The Kier molecular flexibility index (Phi) is 6.27. The van der Waals surface area contributed by atoms with Crippen LogP contribution in [-0.2, 0) is 10.0 Å². The molecular formula is C19H21Cl2NO3S. The molecule has 0 aromatic heterocycles. The van der Waals surface area contributed by atoms with Gasteiger partial charge >= 0.3 is 0 Å². The highest BCUT2D eigenvalue weighted by molar-refractivity contribution is 7.93. The van der Waals surface area contributed by atoms with Crippen LogP contribution in [-0.4, -0.2) is 22.1 Å². The Morgan fingerprint density at radius 3 is 2.19 bits per heavy atom. The van der Waals surface area contributed by atoms with Crippen molar-refractivity contribution in [2.75, 3.05) is 18.0 Å². The van der Waals surface area contributed by atoms with Crippen molar-refractivity contribution in [1.29, 1.82) is 0 Å². The molecule has 0 saturated carbocycles. The lowest BCUT2D eigenvalue weighted by atomic mass is 10.1. The standard InChI is InChI=1S/C19H21Cl2NO3S/c1-6-9-22(19-13(3)10-12(2)11-14(19)4)26(23,24)16-8-7-15(25-5)17(20)18(16)21/h6-8,10-11H,1,9H2,2-5H3. The zero-order valence-corrected chi connectivity index (χ0v) is 17.5. The quantitative estimate of drug-likeness (QED) is 0.602. The molecule has 140 valence electrons. The maximum absolute atomic E-state index is 13.4. The average molecular weight is 414 g/mol. The zero-order chi connectivity index (χ0) is 19.6. The van der Waals surface area contributed by atoms with Crippen molar-refractivity contribution in [3.05, 3.63) is 63.7 Å². The van der Waals surface area contributed by atoms with E-state index in [1.807, 2.05) is 32.9 Å². The number of anilines is 1. The lowest BCUT2D eigenvalue weighted by molar-refractivity contribution is 0.414. The Morgan fingerprint density at radius 2 is 1.69 bits per heavy atom. The van der Waals surface area contributed by atoms with Crippen LogP contribution in [0.2, 0.25) is 10.0 Å². The van der Waals surface area contributed by atoms with E-state index in [1.165, 1.54) is 29.6 Å². The summed E-state index contributed by atoms with van der Waals surface area (Å²) in [6, 6.07) is 6.77. The summed E-state index contributed by atoms with van der Waals surface area (Å²) in [7, 11) is -2.52. The van der Waals surface area contributed by atoms with E-state index in [2.05, 4.69) is 6.58 Å². The first kappa shape index (κ1) is 20.6. The Labute approximate surface area is 165 Å². The number of aryl methyl sites for hydroxylation is 3. The molecule has 0 radical (unpaired) electrons. The Morgan fingerprint density at radius 1 is 1.12 bits per heavy atom. The van der Waals surface area contributed by atoms with Crippen molar-refractivity contribution in [2.45, 2.75) is 25.7 Å². The van der Waals surface area contributed by atoms with E-state index in [1.54, 1.807) is 0 Å². The summed E-state index contributed by atoms with van der Waals surface area (Å²) in [6.45, 7) is 9.52. The minimum absolute atomic E-state index is 0.0612. The van der Waals surface area contributed by atoms with Crippen LogP contribution in [0.4, 0.5) is 5.69 Å². The van der Waals surface area contributed by atoms with Gasteiger partial charge in [-0.2, -0.15) is 0 Å². The zero-order valence-electron chi connectivity index (χ0n) is 15.1. The molecule has 7 heteroatoms. The average Bonchev–Trinajstić information content (AvgIpc) is 2.55. The van der Waals surface area contributed by atoms with E-state index in [0.717, 1.165) is 16.7 Å². The van der Waals surface area contributed by atoms with Crippen LogP contribution in [0.15, 0.2) is 41.8 Å². The Hall–Kier alpha value is -1.69. The van der Waals surface area contributed by atoms with Gasteiger partial charge in [0, 0.05) is 0 Å². The van der Waals surface area contributed by atoms with E-state index >= 15 is 0 Å². The first-order chi connectivity index (χ1) is 12.1. The summed E-state index contributed by atoms with van der Waals surface area (Å²) in [5, 5.41) is -0.00589. The summed E-state index contributed by atoms with van der Waals surface area (Å²) in [5.74, 6) is 0.314. The van der Waals surface area contributed by atoms with E-state index in [-0.39, 0.29) is 21.5 Å². The van der Waals surface area contributed by atoms with Gasteiger partial charge < -0.3 is 4.74 Å². The van der Waals surface area contributed by atoms with Crippen molar-refractivity contribution < 1.29 is 13.2 Å². The van der Waals surface area contributed by atoms with Gasteiger partial charge in [-0.15, -0.1) is 6.58 Å². The number of methoxy groups -OCH3 is 1. The Bertz CT molecular complexity index is 932. The highest BCUT2D eigenvalue weighted by Gasteiger charge is 2.30. The minimum Gasteiger partial charge on any atom is -0.495 e. The lowest BCUT2D eigenvalue weighted by Crippen LogP contribution is -2.32. The molecule has 0 saturated heterocycles. The fourth-order valence-corrected chi connectivity index (χ4v) is 5.36. The molecule has 0 unspecified atom stereocenters. The summed E-state index contributed by atoms with van der Waals surface area (Å²) >= 11 is 12.4. The van der Waals surface area contributed by atoms with Crippen molar-refractivity contribution in [3.8, 4) is 5.75 Å². The van der Waals surface area contributed by atoms with E-state index < -0.39 is 10.0 Å². The van der Waals surface area contributed by atoms with Crippen LogP contribution in [0.3, 0.4) is 0 Å². The molecule has 0 heterocycles. The number of ether oxygens (including phenoxy) is 1. The van der Waals surface area contributed by atoms with E-state index in [0.29, 0.717) is 11.4 Å². The second-order valence-corrected chi connectivity index (χ2v) is 8.55. The predicted molar refractivity (Wildman–Crippen MR) is 108 cm³/mol. The predicted octanol–water partition coefficient (Wildman–Crippen LogP) is 5.31. The molecule has 2 rings (SSSR count). The molecule has 0 aliphatic rings. The Balaban J connectivity index is 2.72. The van der Waals surface area contributed by atoms with Gasteiger partial charge in [0.25, 0.3) is 10.0 Å². The molecule has 0 aliphatic heterocycles. The van der Waals surface area contributed by atoms with Gasteiger partial charge in [-0.3, -0.25) is 4.31 Å². The smallest absolute Gasteiger partial charge is 0.266 e. The molecule has 0 fully saturated rings. The lowest BCUT2D eigenvalue weighted by Gasteiger charge is -2.27. The summed E-state index contributed by atoms with van der Waals surface area (Å²) < 4.78 is 33.2. The highest BCUT2D eigenvalue weighted by atomic mass is 35.5. The molecule has 0 aliphatic carbocycles. The molecule has 26 heavy (non-hydrogen) atoms. The fourth-order valence-electron chi connectivity index (χ4n) is 2.98. The molecule has 4 nitrogen and oxygen atoms in total. The minimum atomic E-state index is -3.96. The summed E-state index contributed by atoms with van der Waals surface area (Å²) in [6.07, 6.45) is 1.54. The molecule has 2 aromatic rings. The van der Waals surface area contributed by atoms with Crippen LogP contribution in [0.25, 0.3) is 0 Å². The largest absolute Gasteiger partial charge is 0.495 e.